The molecule has 1 unspecified atom stereocenters. The zero-order valence-electron chi connectivity index (χ0n) is 11.0. The van der Waals surface area contributed by atoms with Crippen molar-refractivity contribution in [1.82, 2.24) is 5.06 Å². The molecule has 1 N–H and O–H groups in total. The largest absolute Gasteiger partial charge is 0.286 e. The van der Waals surface area contributed by atoms with Crippen LogP contribution in [-0.2, 0) is 4.79 Å². The van der Waals surface area contributed by atoms with Crippen LogP contribution in [0.4, 0.5) is 0 Å². The Balaban J connectivity index is 1.77. The highest BCUT2D eigenvalue weighted by atomic mass is 32.1. The van der Waals surface area contributed by atoms with Crippen molar-refractivity contribution in [3.05, 3.63) is 35.2 Å². The maximum absolute atomic E-state index is 11.2. The lowest BCUT2D eigenvalue weighted by molar-refractivity contribution is -0.173. The van der Waals surface area contributed by atoms with Crippen LogP contribution >= 0.6 is 11.3 Å². The molecule has 1 fully saturated rings. The predicted molar refractivity (Wildman–Crippen MR) is 76.4 cm³/mol. The van der Waals surface area contributed by atoms with Crippen LogP contribution in [0.15, 0.2) is 30.3 Å². The number of carbonyl (C=O) groups excluding carboxylic acids is 1. The van der Waals surface area contributed by atoms with Gasteiger partial charge < -0.3 is 0 Å². The molecule has 1 aromatic heterocycles. The Labute approximate surface area is 116 Å². The standard InChI is InChI=1S/C15H17NO2S/c1-9(16(18)10(2)17)12-8-13(12)15-7-11-5-3-4-6-14(11)19-15/h3-7,9,12-13,18H,8H2,1-2H3/t9?,12-,13+/m0/s1. The van der Waals surface area contributed by atoms with Crippen LogP contribution in [0.3, 0.4) is 0 Å². The van der Waals surface area contributed by atoms with Crippen LogP contribution in [0, 0.1) is 5.92 Å². The smallest absolute Gasteiger partial charge is 0.243 e. The lowest BCUT2D eigenvalue weighted by Crippen LogP contribution is -2.35. The molecule has 3 nitrogen and oxygen atoms in total. The van der Waals surface area contributed by atoms with Crippen LogP contribution in [0.1, 0.15) is 31.1 Å². The molecule has 1 saturated carbocycles. The number of thiophene rings is 1. The molecule has 1 aliphatic carbocycles. The van der Waals surface area contributed by atoms with Crippen molar-refractivity contribution < 1.29 is 10.0 Å². The quantitative estimate of drug-likeness (QED) is 0.686. The van der Waals surface area contributed by atoms with Crippen molar-refractivity contribution in [1.29, 1.82) is 0 Å². The van der Waals surface area contributed by atoms with Gasteiger partial charge in [-0.3, -0.25) is 10.0 Å². The molecule has 0 radical (unpaired) electrons. The minimum absolute atomic E-state index is 0.104. The third-order valence-electron chi connectivity index (χ3n) is 3.98. The lowest BCUT2D eigenvalue weighted by atomic mass is 10.1. The van der Waals surface area contributed by atoms with Crippen LogP contribution in [-0.4, -0.2) is 22.2 Å². The van der Waals surface area contributed by atoms with Gasteiger partial charge in [0.25, 0.3) is 0 Å². The summed E-state index contributed by atoms with van der Waals surface area (Å²) in [5.41, 5.74) is 0. The number of nitrogens with zero attached hydrogens (tertiary/aromatic N) is 1. The highest BCUT2D eigenvalue weighted by Crippen LogP contribution is 2.53. The number of hydrogen-bond acceptors (Lipinski definition) is 3. The van der Waals surface area contributed by atoms with Crippen molar-refractivity contribution in [2.75, 3.05) is 0 Å². The Bertz CT molecular complexity index is 588. The van der Waals surface area contributed by atoms with Crippen molar-refractivity contribution in [3.63, 3.8) is 0 Å². The van der Waals surface area contributed by atoms with Gasteiger partial charge in [-0.05, 0) is 42.7 Å². The fraction of sp³-hybridized carbons (Fsp3) is 0.400. The van der Waals surface area contributed by atoms with Gasteiger partial charge in [0.05, 0.1) is 6.04 Å². The molecular formula is C15H17NO2S. The number of benzene rings is 1. The topological polar surface area (TPSA) is 40.5 Å². The van der Waals surface area contributed by atoms with Crippen LogP contribution in [0.5, 0.6) is 0 Å². The first-order valence-corrected chi connectivity index (χ1v) is 7.36. The molecule has 19 heavy (non-hydrogen) atoms. The van der Waals surface area contributed by atoms with E-state index in [4.69, 9.17) is 0 Å². The first-order chi connectivity index (χ1) is 9.08. The Morgan fingerprint density at radius 3 is 2.89 bits per heavy atom. The van der Waals surface area contributed by atoms with E-state index in [0.29, 0.717) is 11.8 Å². The van der Waals surface area contributed by atoms with E-state index in [1.54, 1.807) is 0 Å². The molecule has 0 saturated heterocycles. The highest BCUT2D eigenvalue weighted by molar-refractivity contribution is 7.19. The number of rotatable bonds is 3. The van der Waals surface area contributed by atoms with Crippen molar-refractivity contribution in [2.24, 2.45) is 5.92 Å². The minimum atomic E-state index is -0.283. The maximum atomic E-state index is 11.2. The molecule has 4 heteroatoms. The first-order valence-electron chi connectivity index (χ1n) is 6.55. The maximum Gasteiger partial charge on any atom is 0.243 e. The summed E-state index contributed by atoms with van der Waals surface area (Å²) in [7, 11) is 0. The van der Waals surface area contributed by atoms with Crippen LogP contribution in [0.2, 0.25) is 0 Å². The fourth-order valence-corrected chi connectivity index (χ4v) is 3.98. The van der Waals surface area contributed by atoms with E-state index in [-0.39, 0.29) is 11.9 Å². The Morgan fingerprint density at radius 2 is 2.21 bits per heavy atom. The second-order valence-corrected chi connectivity index (χ2v) is 6.41. The lowest BCUT2D eigenvalue weighted by Gasteiger charge is -2.21. The van der Waals surface area contributed by atoms with Gasteiger partial charge in [-0.1, -0.05) is 18.2 Å². The summed E-state index contributed by atoms with van der Waals surface area (Å²) in [6.07, 6.45) is 1.05. The molecule has 3 atom stereocenters. The van der Waals surface area contributed by atoms with E-state index in [1.807, 2.05) is 18.3 Å². The molecule has 3 rings (SSSR count). The molecule has 0 aliphatic heterocycles. The van der Waals surface area contributed by atoms with Gasteiger partial charge in [0.15, 0.2) is 0 Å². The molecule has 1 aromatic carbocycles. The van der Waals surface area contributed by atoms with Gasteiger partial charge in [-0.15, -0.1) is 11.3 Å². The van der Waals surface area contributed by atoms with Crippen molar-refractivity contribution >= 4 is 27.3 Å². The second kappa shape index (κ2) is 4.62. The number of hydrogen-bond donors (Lipinski definition) is 1. The van der Waals surface area contributed by atoms with Gasteiger partial charge in [0, 0.05) is 16.5 Å². The van der Waals surface area contributed by atoms with Gasteiger partial charge in [0.1, 0.15) is 0 Å². The van der Waals surface area contributed by atoms with E-state index in [0.717, 1.165) is 11.5 Å². The van der Waals surface area contributed by atoms with Gasteiger partial charge in [-0.2, -0.15) is 0 Å². The average molecular weight is 275 g/mol. The van der Waals surface area contributed by atoms with E-state index in [1.165, 1.54) is 21.9 Å². The fourth-order valence-electron chi connectivity index (χ4n) is 2.73. The first kappa shape index (κ1) is 12.6. The number of carbonyl (C=O) groups is 1. The molecule has 1 aliphatic rings. The normalized spacial score (nSPS) is 23.3. The number of fused-ring (bicyclic) bond motifs is 1. The summed E-state index contributed by atoms with van der Waals surface area (Å²) in [6.45, 7) is 3.31. The molecular weight excluding hydrogens is 258 g/mol. The molecule has 0 spiro atoms. The van der Waals surface area contributed by atoms with Crippen LogP contribution in [0.25, 0.3) is 10.1 Å². The predicted octanol–water partition coefficient (Wildman–Crippen LogP) is 3.63. The summed E-state index contributed by atoms with van der Waals surface area (Å²) in [5.74, 6) is 0.581. The average Bonchev–Trinajstić information content (AvgIpc) is 3.08. The highest BCUT2D eigenvalue weighted by Gasteiger charge is 2.45. The van der Waals surface area contributed by atoms with Gasteiger partial charge in [0.2, 0.25) is 5.91 Å². The molecule has 1 heterocycles. The SMILES string of the molecule is CC(=O)N(O)C(C)[C@@H]1C[C@H]1c1cc2ccccc2s1. The Kier molecular flexibility index (Phi) is 3.07. The summed E-state index contributed by atoms with van der Waals surface area (Å²) in [6, 6.07) is 10.5. The number of hydroxylamine groups is 2. The van der Waals surface area contributed by atoms with E-state index in [9.17, 15) is 10.0 Å². The zero-order chi connectivity index (χ0) is 13.6. The van der Waals surface area contributed by atoms with E-state index >= 15 is 0 Å². The third kappa shape index (κ3) is 2.26. The summed E-state index contributed by atoms with van der Waals surface area (Å²) < 4.78 is 1.31. The van der Waals surface area contributed by atoms with Crippen LogP contribution < -0.4 is 0 Å². The Morgan fingerprint density at radius 1 is 1.47 bits per heavy atom. The van der Waals surface area contributed by atoms with Gasteiger partial charge >= 0.3 is 0 Å². The molecule has 100 valence electrons. The summed E-state index contributed by atoms with van der Waals surface area (Å²) in [5, 5.41) is 11.9. The third-order valence-corrected chi connectivity index (χ3v) is 5.23. The molecule has 2 aromatic rings. The van der Waals surface area contributed by atoms with Crippen molar-refractivity contribution in [2.45, 2.75) is 32.2 Å². The van der Waals surface area contributed by atoms with E-state index < -0.39 is 0 Å². The second-order valence-electron chi connectivity index (χ2n) is 5.30. The molecule has 0 bridgehead atoms. The van der Waals surface area contributed by atoms with Crippen molar-refractivity contribution in [3.8, 4) is 0 Å². The summed E-state index contributed by atoms with van der Waals surface area (Å²) in [4.78, 5) is 12.6. The number of amides is 1. The minimum Gasteiger partial charge on any atom is -0.286 e. The Hall–Kier alpha value is -1.39. The van der Waals surface area contributed by atoms with Gasteiger partial charge in [-0.25, -0.2) is 5.06 Å². The summed E-state index contributed by atoms with van der Waals surface area (Å²) >= 11 is 1.82. The monoisotopic (exact) mass is 275 g/mol. The van der Waals surface area contributed by atoms with E-state index in [2.05, 4.69) is 30.3 Å². The zero-order valence-corrected chi connectivity index (χ0v) is 11.9. The molecule has 1 amide bonds.